The molecule has 0 unspecified atom stereocenters. The number of tetrazole rings is 1. The zero-order valence-electron chi connectivity index (χ0n) is 19.6. The van der Waals surface area contributed by atoms with E-state index < -0.39 is 0 Å². The topological polar surface area (TPSA) is 94.3 Å². The van der Waals surface area contributed by atoms with Crippen molar-refractivity contribution in [2.75, 3.05) is 0 Å². The lowest BCUT2D eigenvalue weighted by atomic mass is 10.0. The van der Waals surface area contributed by atoms with E-state index in [2.05, 4.69) is 33.6 Å². The fraction of sp³-hybridized carbons (Fsp3) is 0.222. The van der Waals surface area contributed by atoms with E-state index in [9.17, 15) is 4.79 Å². The second-order valence-corrected chi connectivity index (χ2v) is 8.46. The highest BCUT2D eigenvalue weighted by Crippen LogP contribution is 2.28. The number of aromatic amines is 1. The largest absolute Gasteiger partial charge is 0.332 e. The van der Waals surface area contributed by atoms with E-state index in [0.717, 1.165) is 59.4 Å². The minimum atomic E-state index is 0.00137. The maximum Gasteiger partial charge on any atom is 0.332 e. The van der Waals surface area contributed by atoms with Crippen LogP contribution in [0, 0.1) is 0 Å². The number of nitrogens with one attached hydrogen (secondary N) is 1. The number of aromatic nitrogens is 7. The summed E-state index contributed by atoms with van der Waals surface area (Å²) in [4.78, 5) is 18.0. The van der Waals surface area contributed by atoms with Gasteiger partial charge in [-0.25, -0.2) is 9.89 Å². The fourth-order valence-electron chi connectivity index (χ4n) is 4.26. The Balaban J connectivity index is 1.37. The maximum absolute atomic E-state index is 13.3. The Morgan fingerprint density at radius 1 is 0.914 bits per heavy atom. The molecule has 8 nitrogen and oxygen atoms in total. The summed E-state index contributed by atoms with van der Waals surface area (Å²) in [6.07, 6.45) is 7.62. The Kier molecular flexibility index (Phi) is 6.61. The van der Waals surface area contributed by atoms with Gasteiger partial charge in [0.15, 0.2) is 5.82 Å². The third kappa shape index (κ3) is 4.82. The molecule has 3 aromatic heterocycles. The zero-order chi connectivity index (χ0) is 24.0. The molecule has 35 heavy (non-hydrogen) atoms. The Labute approximate surface area is 203 Å². The molecule has 1 N–H and O–H groups in total. The van der Waals surface area contributed by atoms with Gasteiger partial charge in [0.05, 0.1) is 11.4 Å². The van der Waals surface area contributed by atoms with Crippen molar-refractivity contribution in [2.24, 2.45) is 0 Å². The molecule has 0 spiro atoms. The summed E-state index contributed by atoms with van der Waals surface area (Å²) in [6, 6.07) is 21.8. The molecule has 0 aliphatic heterocycles. The first-order valence-corrected chi connectivity index (χ1v) is 11.9. The van der Waals surface area contributed by atoms with Crippen LogP contribution in [0.4, 0.5) is 0 Å². The van der Waals surface area contributed by atoms with Crippen molar-refractivity contribution in [1.82, 2.24) is 34.7 Å². The molecule has 0 saturated carbocycles. The van der Waals surface area contributed by atoms with Crippen molar-refractivity contribution in [3.63, 3.8) is 0 Å². The van der Waals surface area contributed by atoms with Crippen LogP contribution < -0.4 is 5.69 Å². The normalized spacial score (nSPS) is 11.1. The number of imidazole rings is 1. The SMILES string of the molecule is CCCCc1cn(-c2ccccc2)c(=O)n1CCc1ccc(-c2ccccc2-c2nnn[nH]2)nc1. The molecule has 2 aromatic carbocycles. The van der Waals surface area contributed by atoms with Gasteiger partial charge in [-0.05, 0) is 53.5 Å². The predicted octanol–water partition coefficient (Wildman–Crippen LogP) is 4.47. The second-order valence-electron chi connectivity index (χ2n) is 8.46. The Morgan fingerprint density at radius 2 is 1.71 bits per heavy atom. The second kappa shape index (κ2) is 10.3. The van der Waals surface area contributed by atoms with Crippen molar-refractivity contribution in [3.8, 4) is 28.3 Å². The number of pyridine rings is 1. The third-order valence-corrected chi connectivity index (χ3v) is 6.13. The predicted molar refractivity (Wildman–Crippen MR) is 135 cm³/mol. The lowest BCUT2D eigenvalue weighted by Gasteiger charge is -2.09. The lowest BCUT2D eigenvalue weighted by Crippen LogP contribution is -2.25. The van der Waals surface area contributed by atoms with Crippen molar-refractivity contribution in [3.05, 3.63) is 101 Å². The number of para-hydroxylation sites is 1. The van der Waals surface area contributed by atoms with Crippen LogP contribution in [0.2, 0.25) is 0 Å². The molecule has 0 atom stereocenters. The van der Waals surface area contributed by atoms with Gasteiger partial charge < -0.3 is 0 Å². The van der Waals surface area contributed by atoms with Crippen LogP contribution in [0.15, 0.2) is 83.9 Å². The molecule has 0 amide bonds. The van der Waals surface area contributed by atoms with E-state index in [1.54, 1.807) is 4.57 Å². The van der Waals surface area contributed by atoms with Crippen LogP contribution in [0.1, 0.15) is 31.0 Å². The summed E-state index contributed by atoms with van der Waals surface area (Å²) in [5.74, 6) is 0.605. The molecule has 0 bridgehead atoms. The monoisotopic (exact) mass is 465 g/mol. The zero-order valence-corrected chi connectivity index (χ0v) is 19.6. The van der Waals surface area contributed by atoms with Gasteiger partial charge in [0, 0.05) is 35.8 Å². The molecule has 8 heteroatoms. The summed E-state index contributed by atoms with van der Waals surface area (Å²) >= 11 is 0. The number of hydrogen-bond donors (Lipinski definition) is 1. The molecule has 5 aromatic rings. The van der Waals surface area contributed by atoms with Crippen molar-refractivity contribution < 1.29 is 0 Å². The summed E-state index contributed by atoms with van der Waals surface area (Å²) in [5, 5.41) is 14.2. The molecule has 0 radical (unpaired) electrons. The summed E-state index contributed by atoms with van der Waals surface area (Å²) in [7, 11) is 0. The maximum atomic E-state index is 13.3. The Hall–Kier alpha value is -4.33. The van der Waals surface area contributed by atoms with Gasteiger partial charge in [-0.3, -0.25) is 14.1 Å². The van der Waals surface area contributed by atoms with Gasteiger partial charge in [-0.15, -0.1) is 5.10 Å². The Bertz CT molecular complexity index is 1440. The van der Waals surface area contributed by atoms with E-state index in [4.69, 9.17) is 4.98 Å². The Morgan fingerprint density at radius 3 is 2.43 bits per heavy atom. The van der Waals surface area contributed by atoms with Gasteiger partial charge in [0.1, 0.15) is 0 Å². The van der Waals surface area contributed by atoms with E-state index in [-0.39, 0.29) is 5.69 Å². The molecular weight excluding hydrogens is 438 g/mol. The number of aryl methyl sites for hydroxylation is 2. The average Bonchev–Trinajstić information content (AvgIpc) is 3.55. The van der Waals surface area contributed by atoms with Crippen molar-refractivity contribution in [2.45, 2.75) is 39.2 Å². The first kappa shape index (κ1) is 22.5. The van der Waals surface area contributed by atoms with Crippen LogP contribution >= 0.6 is 0 Å². The highest BCUT2D eigenvalue weighted by atomic mass is 16.1. The lowest BCUT2D eigenvalue weighted by molar-refractivity contribution is 0.618. The van der Waals surface area contributed by atoms with Gasteiger partial charge in [-0.2, -0.15) is 0 Å². The molecule has 0 aliphatic carbocycles. The minimum Gasteiger partial charge on any atom is -0.296 e. The smallest absolute Gasteiger partial charge is 0.296 e. The van der Waals surface area contributed by atoms with E-state index in [1.807, 2.05) is 77.6 Å². The third-order valence-electron chi connectivity index (χ3n) is 6.13. The molecular formula is C27H27N7O. The number of H-pyrrole nitrogens is 1. The highest BCUT2D eigenvalue weighted by molar-refractivity contribution is 5.78. The van der Waals surface area contributed by atoms with E-state index in [0.29, 0.717) is 12.4 Å². The van der Waals surface area contributed by atoms with Gasteiger partial charge in [0.25, 0.3) is 0 Å². The van der Waals surface area contributed by atoms with Crippen LogP contribution in [0.5, 0.6) is 0 Å². The number of benzene rings is 2. The van der Waals surface area contributed by atoms with Gasteiger partial charge in [-0.1, -0.05) is 61.9 Å². The van der Waals surface area contributed by atoms with Crippen LogP contribution in [0.3, 0.4) is 0 Å². The van der Waals surface area contributed by atoms with E-state index in [1.165, 1.54) is 0 Å². The highest BCUT2D eigenvalue weighted by Gasteiger charge is 2.14. The molecule has 0 saturated heterocycles. The first-order valence-electron chi connectivity index (χ1n) is 11.9. The quantitative estimate of drug-likeness (QED) is 0.347. The molecule has 176 valence electrons. The molecule has 0 fully saturated rings. The summed E-state index contributed by atoms with van der Waals surface area (Å²) in [5.41, 5.74) is 5.73. The van der Waals surface area contributed by atoms with Gasteiger partial charge >= 0.3 is 5.69 Å². The van der Waals surface area contributed by atoms with Crippen LogP contribution in [-0.4, -0.2) is 34.7 Å². The number of unbranched alkanes of at least 4 members (excludes halogenated alkanes) is 1. The number of nitrogens with zero attached hydrogens (tertiary/aromatic N) is 6. The number of rotatable bonds is 9. The van der Waals surface area contributed by atoms with E-state index >= 15 is 0 Å². The fourth-order valence-corrected chi connectivity index (χ4v) is 4.26. The molecule has 5 rings (SSSR count). The van der Waals surface area contributed by atoms with Crippen LogP contribution in [0.25, 0.3) is 28.3 Å². The molecule has 3 heterocycles. The first-order chi connectivity index (χ1) is 17.2. The van der Waals surface area contributed by atoms with Crippen molar-refractivity contribution >= 4 is 0 Å². The average molecular weight is 466 g/mol. The van der Waals surface area contributed by atoms with Gasteiger partial charge in [0.2, 0.25) is 0 Å². The van der Waals surface area contributed by atoms with Crippen molar-refractivity contribution in [1.29, 1.82) is 0 Å². The summed E-state index contributed by atoms with van der Waals surface area (Å²) in [6.45, 7) is 2.78. The standard InChI is InChI=1S/C27H27N7O/c1-2-3-9-22-19-34(21-10-5-4-6-11-21)27(35)33(22)17-16-20-14-15-25(28-18-20)23-12-7-8-13-24(23)26-29-31-32-30-26/h4-8,10-15,18-19H,2-3,9,16-17H2,1H3,(H,29,30,31,32). The molecule has 0 aliphatic rings. The summed E-state index contributed by atoms with van der Waals surface area (Å²) < 4.78 is 3.66. The number of hydrogen-bond acceptors (Lipinski definition) is 5. The minimum absolute atomic E-state index is 0.00137. The van der Waals surface area contributed by atoms with Crippen LogP contribution in [-0.2, 0) is 19.4 Å².